The van der Waals surface area contributed by atoms with Gasteiger partial charge >= 0.3 is 0 Å². The number of aryl methyl sites for hydroxylation is 2. The third-order valence-corrected chi connectivity index (χ3v) is 5.36. The third kappa shape index (κ3) is 3.65. The summed E-state index contributed by atoms with van der Waals surface area (Å²) in [5, 5.41) is 2.91. The van der Waals surface area contributed by atoms with E-state index >= 15 is 0 Å². The van der Waals surface area contributed by atoms with Gasteiger partial charge in [-0.25, -0.2) is 4.98 Å². The summed E-state index contributed by atoms with van der Waals surface area (Å²) in [7, 11) is 1.56. The second-order valence-corrected chi connectivity index (χ2v) is 7.14. The van der Waals surface area contributed by atoms with Crippen LogP contribution in [0, 0.1) is 5.92 Å². The van der Waals surface area contributed by atoms with Gasteiger partial charge < -0.3 is 15.0 Å². The summed E-state index contributed by atoms with van der Waals surface area (Å²) in [5.74, 6) is 0.135. The Balaban J connectivity index is 1.37. The second kappa shape index (κ2) is 7.39. The van der Waals surface area contributed by atoms with Gasteiger partial charge in [0.1, 0.15) is 0 Å². The maximum atomic E-state index is 12.5. The lowest BCUT2D eigenvalue weighted by molar-refractivity contribution is -0.126. The van der Waals surface area contributed by atoms with Crippen LogP contribution in [0.5, 0.6) is 5.88 Å². The lowest BCUT2D eigenvalue weighted by Crippen LogP contribution is -2.32. The lowest BCUT2D eigenvalue weighted by atomic mass is 10.1. The Hall–Kier alpha value is -2.89. The molecule has 0 unspecified atom stereocenters. The standard InChI is InChI=1S/C21H23N3O3/c1-27-19-8-5-14(11-22-19)12-23-21(26)17-10-20(25)24(13-17)18-7-6-15-3-2-4-16(15)9-18/h5-9,11,17H,2-4,10,12-13H2,1H3,(H,23,26)/t17-/m0/s1. The second-order valence-electron chi connectivity index (χ2n) is 7.14. The summed E-state index contributed by atoms with van der Waals surface area (Å²) in [6, 6.07) is 9.86. The van der Waals surface area contributed by atoms with Crippen molar-refractivity contribution < 1.29 is 14.3 Å². The van der Waals surface area contributed by atoms with Crippen LogP contribution in [0.3, 0.4) is 0 Å². The number of rotatable bonds is 5. The van der Waals surface area contributed by atoms with Crippen molar-refractivity contribution >= 4 is 17.5 Å². The Morgan fingerprint density at radius 2 is 2.11 bits per heavy atom. The van der Waals surface area contributed by atoms with Crippen LogP contribution in [0.25, 0.3) is 0 Å². The van der Waals surface area contributed by atoms with Crippen LogP contribution < -0.4 is 15.0 Å². The molecule has 4 rings (SSSR count). The van der Waals surface area contributed by atoms with Gasteiger partial charge in [0.25, 0.3) is 0 Å². The summed E-state index contributed by atoms with van der Waals surface area (Å²) in [4.78, 5) is 30.8. The van der Waals surface area contributed by atoms with E-state index < -0.39 is 0 Å². The van der Waals surface area contributed by atoms with Gasteiger partial charge in [-0.1, -0.05) is 12.1 Å². The first-order chi connectivity index (χ1) is 13.1. The molecule has 0 spiro atoms. The number of anilines is 1. The topological polar surface area (TPSA) is 71.5 Å². The summed E-state index contributed by atoms with van der Waals surface area (Å²) in [6.45, 7) is 0.823. The smallest absolute Gasteiger partial charge is 0.227 e. The number of aromatic nitrogens is 1. The van der Waals surface area contributed by atoms with Gasteiger partial charge in [-0.3, -0.25) is 9.59 Å². The van der Waals surface area contributed by atoms with E-state index in [0.717, 1.165) is 24.1 Å². The van der Waals surface area contributed by atoms with Gasteiger partial charge in [0.2, 0.25) is 17.7 Å². The molecule has 140 valence electrons. The van der Waals surface area contributed by atoms with E-state index in [4.69, 9.17) is 4.74 Å². The maximum Gasteiger partial charge on any atom is 0.227 e. The van der Waals surface area contributed by atoms with Crippen LogP contribution >= 0.6 is 0 Å². The molecular formula is C21H23N3O3. The van der Waals surface area contributed by atoms with Gasteiger partial charge in [0, 0.05) is 37.5 Å². The van der Waals surface area contributed by atoms with E-state index in [1.807, 2.05) is 12.1 Å². The molecular weight excluding hydrogens is 342 g/mol. The Morgan fingerprint density at radius 3 is 2.89 bits per heavy atom. The first kappa shape index (κ1) is 17.5. The van der Waals surface area contributed by atoms with Crippen LogP contribution in [0.2, 0.25) is 0 Å². The van der Waals surface area contributed by atoms with Crippen LogP contribution in [0.1, 0.15) is 29.5 Å². The van der Waals surface area contributed by atoms with Gasteiger partial charge in [-0.2, -0.15) is 0 Å². The zero-order chi connectivity index (χ0) is 18.8. The van der Waals surface area contributed by atoms with Crippen molar-refractivity contribution in [3.05, 3.63) is 53.2 Å². The van der Waals surface area contributed by atoms with E-state index in [2.05, 4.69) is 22.4 Å². The number of ether oxygens (including phenoxy) is 1. The van der Waals surface area contributed by atoms with Crippen molar-refractivity contribution in [3.63, 3.8) is 0 Å². The number of fused-ring (bicyclic) bond motifs is 1. The minimum absolute atomic E-state index is 0.0132. The predicted molar refractivity (Wildman–Crippen MR) is 102 cm³/mol. The number of nitrogens with one attached hydrogen (secondary N) is 1. The van der Waals surface area contributed by atoms with E-state index in [9.17, 15) is 9.59 Å². The molecule has 27 heavy (non-hydrogen) atoms. The average Bonchev–Trinajstić information content (AvgIpc) is 3.32. The first-order valence-electron chi connectivity index (χ1n) is 9.33. The fourth-order valence-corrected chi connectivity index (χ4v) is 3.83. The molecule has 2 heterocycles. The number of amides is 2. The molecule has 6 heteroatoms. The number of carbonyl (C=O) groups excluding carboxylic acids is 2. The predicted octanol–water partition coefficient (Wildman–Crippen LogP) is 2.25. The Kier molecular flexibility index (Phi) is 4.79. The highest BCUT2D eigenvalue weighted by Gasteiger charge is 2.35. The highest BCUT2D eigenvalue weighted by molar-refractivity contribution is 6.00. The van der Waals surface area contributed by atoms with E-state index in [1.54, 1.807) is 24.3 Å². The molecule has 1 aromatic heterocycles. The average molecular weight is 365 g/mol. The molecule has 6 nitrogen and oxygen atoms in total. The third-order valence-electron chi connectivity index (χ3n) is 5.36. The van der Waals surface area contributed by atoms with E-state index in [1.165, 1.54) is 17.5 Å². The Bertz CT molecular complexity index is 863. The molecule has 0 bridgehead atoms. The molecule has 1 saturated heterocycles. The largest absolute Gasteiger partial charge is 0.481 e. The molecule has 1 fully saturated rings. The molecule has 1 atom stereocenters. The monoisotopic (exact) mass is 365 g/mol. The molecule has 1 aliphatic heterocycles. The molecule has 0 saturated carbocycles. The number of nitrogens with zero attached hydrogens (tertiary/aromatic N) is 2. The molecule has 2 aromatic rings. The van der Waals surface area contributed by atoms with Gasteiger partial charge in [0.15, 0.2) is 0 Å². The van der Waals surface area contributed by atoms with E-state index in [0.29, 0.717) is 19.0 Å². The quantitative estimate of drug-likeness (QED) is 0.882. The number of benzene rings is 1. The molecule has 1 aromatic carbocycles. The summed E-state index contributed by atoms with van der Waals surface area (Å²) >= 11 is 0. The highest BCUT2D eigenvalue weighted by atomic mass is 16.5. The van der Waals surface area contributed by atoms with Crippen LogP contribution in [-0.2, 0) is 29.0 Å². The molecule has 2 amide bonds. The minimum Gasteiger partial charge on any atom is -0.481 e. The van der Waals surface area contributed by atoms with E-state index in [-0.39, 0.29) is 24.2 Å². The highest BCUT2D eigenvalue weighted by Crippen LogP contribution is 2.30. The molecule has 0 radical (unpaired) electrons. The number of hydrogen-bond acceptors (Lipinski definition) is 4. The summed E-state index contributed by atoms with van der Waals surface area (Å²) in [5.41, 5.74) is 4.52. The lowest BCUT2D eigenvalue weighted by Gasteiger charge is -2.18. The number of carbonyl (C=O) groups is 2. The number of methoxy groups -OCH3 is 1. The van der Waals surface area contributed by atoms with Gasteiger partial charge in [-0.05, 0) is 48.1 Å². The fraction of sp³-hybridized carbons (Fsp3) is 0.381. The number of pyridine rings is 1. The maximum absolute atomic E-state index is 12.5. The Morgan fingerprint density at radius 1 is 1.26 bits per heavy atom. The molecule has 1 N–H and O–H groups in total. The zero-order valence-corrected chi connectivity index (χ0v) is 15.4. The van der Waals surface area contributed by atoms with Gasteiger partial charge in [-0.15, -0.1) is 0 Å². The first-order valence-corrected chi connectivity index (χ1v) is 9.33. The SMILES string of the molecule is COc1ccc(CNC(=O)[C@H]2CC(=O)N(c3ccc4c(c3)CCC4)C2)cn1. The summed E-state index contributed by atoms with van der Waals surface area (Å²) < 4.78 is 5.03. The van der Waals surface area contributed by atoms with Crippen LogP contribution in [0.15, 0.2) is 36.5 Å². The van der Waals surface area contributed by atoms with Crippen molar-refractivity contribution in [2.45, 2.75) is 32.2 Å². The normalized spacial score (nSPS) is 18.5. The van der Waals surface area contributed by atoms with Crippen molar-refractivity contribution in [2.24, 2.45) is 5.92 Å². The number of hydrogen-bond donors (Lipinski definition) is 1. The van der Waals surface area contributed by atoms with Crippen molar-refractivity contribution in [2.75, 3.05) is 18.6 Å². The molecule has 2 aliphatic rings. The van der Waals surface area contributed by atoms with Crippen molar-refractivity contribution in [3.8, 4) is 5.88 Å². The summed E-state index contributed by atoms with van der Waals surface area (Å²) in [6.07, 6.45) is 5.30. The zero-order valence-electron chi connectivity index (χ0n) is 15.4. The van der Waals surface area contributed by atoms with Crippen molar-refractivity contribution in [1.29, 1.82) is 0 Å². The molecule has 1 aliphatic carbocycles. The van der Waals surface area contributed by atoms with Gasteiger partial charge in [0.05, 0.1) is 13.0 Å². The minimum atomic E-state index is -0.322. The Labute approximate surface area is 158 Å². The van der Waals surface area contributed by atoms with Crippen LogP contribution in [0.4, 0.5) is 5.69 Å². The van der Waals surface area contributed by atoms with Crippen LogP contribution in [-0.4, -0.2) is 30.5 Å². The van der Waals surface area contributed by atoms with Crippen molar-refractivity contribution in [1.82, 2.24) is 10.3 Å². The fourth-order valence-electron chi connectivity index (χ4n) is 3.83.